The molecule has 6 atom stereocenters. The van der Waals surface area contributed by atoms with Crippen LogP contribution in [0.25, 0.3) is 0 Å². The summed E-state index contributed by atoms with van der Waals surface area (Å²) in [6, 6.07) is 0. The van der Waals surface area contributed by atoms with Crippen LogP contribution in [0.1, 0.15) is 86.5 Å². The number of fused-ring (bicyclic) bond motifs is 3. The molecule has 0 aromatic heterocycles. The number of carbonyl (C=O) groups is 1. The largest absolute Gasteiger partial charge is 0.459 e. The summed E-state index contributed by atoms with van der Waals surface area (Å²) in [7, 11) is 0. The minimum Gasteiger partial charge on any atom is -0.459 e. The van der Waals surface area contributed by atoms with E-state index < -0.39 is 5.60 Å². The molecule has 1 N–H and O–H groups in total. The van der Waals surface area contributed by atoms with Crippen molar-refractivity contribution in [2.45, 2.75) is 98.2 Å². The Labute approximate surface area is 171 Å². The Hall–Kier alpha value is -1.09. The number of hydrogen-bond acceptors (Lipinski definition) is 3. The van der Waals surface area contributed by atoms with Crippen LogP contribution in [0.2, 0.25) is 0 Å². The van der Waals surface area contributed by atoms with E-state index in [1.54, 1.807) is 13.0 Å². The third-order valence-corrected chi connectivity index (χ3v) is 8.69. The van der Waals surface area contributed by atoms with Crippen LogP contribution in [-0.2, 0) is 9.53 Å². The first-order valence-electron chi connectivity index (χ1n) is 11.1. The van der Waals surface area contributed by atoms with Gasteiger partial charge in [0.1, 0.15) is 6.10 Å². The Balaban J connectivity index is 2.05. The van der Waals surface area contributed by atoms with Gasteiger partial charge < -0.3 is 9.84 Å². The van der Waals surface area contributed by atoms with Crippen LogP contribution in [0.4, 0.5) is 0 Å². The molecule has 0 aliphatic heterocycles. The molecule has 3 aliphatic carbocycles. The molecule has 3 nitrogen and oxygen atoms in total. The van der Waals surface area contributed by atoms with Gasteiger partial charge in [-0.3, -0.25) is 0 Å². The van der Waals surface area contributed by atoms with Crippen LogP contribution >= 0.6 is 0 Å². The Morgan fingerprint density at radius 3 is 2.46 bits per heavy atom. The summed E-state index contributed by atoms with van der Waals surface area (Å²) in [5, 5.41) is 12.0. The minimum atomic E-state index is -0.797. The zero-order valence-electron chi connectivity index (χ0n) is 18.8. The second-order valence-electron chi connectivity index (χ2n) is 11.2. The number of carbonyl (C=O) groups excluding carboxylic acids is 1. The van der Waals surface area contributed by atoms with Gasteiger partial charge in [0.05, 0.1) is 5.60 Å². The highest BCUT2D eigenvalue weighted by Gasteiger charge is 2.65. The van der Waals surface area contributed by atoms with E-state index in [2.05, 4.69) is 34.3 Å². The average Bonchev–Trinajstić information content (AvgIpc) is 2.58. The fourth-order valence-corrected chi connectivity index (χ4v) is 7.35. The smallest absolute Gasteiger partial charge is 0.333 e. The third kappa shape index (κ3) is 3.38. The molecule has 158 valence electrons. The third-order valence-electron chi connectivity index (χ3n) is 8.69. The first-order chi connectivity index (χ1) is 12.9. The summed E-state index contributed by atoms with van der Waals surface area (Å²) in [6.07, 6.45) is 10.3. The number of rotatable bonds is 3. The fourth-order valence-electron chi connectivity index (χ4n) is 7.35. The van der Waals surface area contributed by atoms with Gasteiger partial charge in [-0.1, -0.05) is 46.3 Å². The van der Waals surface area contributed by atoms with Gasteiger partial charge >= 0.3 is 5.97 Å². The van der Waals surface area contributed by atoms with Crippen molar-refractivity contribution in [3.05, 3.63) is 24.3 Å². The molecule has 0 amide bonds. The quantitative estimate of drug-likeness (QED) is 0.376. The molecule has 3 saturated carbocycles. The predicted molar refractivity (Wildman–Crippen MR) is 114 cm³/mol. The van der Waals surface area contributed by atoms with Crippen LogP contribution in [-0.4, -0.2) is 22.8 Å². The lowest BCUT2D eigenvalue weighted by Crippen LogP contribution is -2.66. The van der Waals surface area contributed by atoms with Gasteiger partial charge in [-0.2, -0.15) is 0 Å². The molecular weight excluding hydrogens is 348 g/mol. The molecule has 0 heterocycles. The van der Waals surface area contributed by atoms with Crippen molar-refractivity contribution in [3.8, 4) is 0 Å². The van der Waals surface area contributed by atoms with E-state index in [1.165, 1.54) is 12.8 Å². The van der Waals surface area contributed by atoms with E-state index in [4.69, 9.17) is 4.74 Å². The maximum Gasteiger partial charge on any atom is 0.333 e. The zero-order chi connectivity index (χ0) is 21.0. The maximum absolute atomic E-state index is 12.7. The van der Waals surface area contributed by atoms with Gasteiger partial charge in [0.15, 0.2) is 0 Å². The molecule has 3 heteroatoms. The van der Waals surface area contributed by atoms with Gasteiger partial charge in [-0.05, 0) is 74.5 Å². The molecule has 0 bridgehead atoms. The van der Waals surface area contributed by atoms with Crippen molar-refractivity contribution in [2.75, 3.05) is 0 Å². The van der Waals surface area contributed by atoms with Gasteiger partial charge in [0, 0.05) is 11.5 Å². The Bertz CT molecular complexity index is 677. The molecule has 0 radical (unpaired) electrons. The molecule has 0 unspecified atom stereocenters. The summed E-state index contributed by atoms with van der Waals surface area (Å²) in [5.74, 6) is 0.292. The summed E-state index contributed by atoms with van der Waals surface area (Å²) >= 11 is 0. The second-order valence-corrected chi connectivity index (χ2v) is 11.2. The van der Waals surface area contributed by atoms with Crippen LogP contribution < -0.4 is 0 Å². The number of allylic oxidation sites excluding steroid dienone is 2. The van der Waals surface area contributed by atoms with Crippen molar-refractivity contribution in [1.82, 2.24) is 0 Å². The van der Waals surface area contributed by atoms with Gasteiger partial charge in [-0.15, -0.1) is 6.58 Å². The van der Waals surface area contributed by atoms with E-state index in [1.807, 2.05) is 13.0 Å². The lowest BCUT2D eigenvalue weighted by atomic mass is 9.41. The van der Waals surface area contributed by atoms with Crippen molar-refractivity contribution >= 4 is 5.97 Å². The monoisotopic (exact) mass is 388 g/mol. The number of hydrogen-bond donors (Lipinski definition) is 1. The van der Waals surface area contributed by atoms with Crippen LogP contribution in [0.15, 0.2) is 24.3 Å². The first-order valence-corrected chi connectivity index (χ1v) is 11.1. The summed E-state index contributed by atoms with van der Waals surface area (Å²) in [6.45, 7) is 17.0. The maximum atomic E-state index is 12.7. The second kappa shape index (κ2) is 7.00. The van der Waals surface area contributed by atoms with Crippen LogP contribution in [0.3, 0.4) is 0 Å². The van der Waals surface area contributed by atoms with Crippen molar-refractivity contribution < 1.29 is 14.6 Å². The Kier molecular flexibility index (Phi) is 5.41. The summed E-state index contributed by atoms with van der Waals surface area (Å²) in [4.78, 5) is 12.7. The summed E-state index contributed by atoms with van der Waals surface area (Å²) in [5.41, 5.74) is -0.119. The van der Waals surface area contributed by atoms with Crippen molar-refractivity contribution in [2.24, 2.45) is 28.1 Å². The van der Waals surface area contributed by atoms with E-state index >= 15 is 0 Å². The molecule has 3 aliphatic rings. The SMILES string of the molecule is C=C[C@@]1(C)C[C@@H](OC(=O)/C(C)=C/C)[C@H]2[C@@](O)(CC[C@H]3C(C)(C)CCC[C@@]32C)C1. The average molecular weight is 389 g/mol. The number of ether oxygens (including phenoxy) is 1. The highest BCUT2D eigenvalue weighted by Crippen LogP contribution is 2.66. The van der Waals surface area contributed by atoms with Crippen molar-refractivity contribution in [3.63, 3.8) is 0 Å². The van der Waals surface area contributed by atoms with Gasteiger partial charge in [0.25, 0.3) is 0 Å². The number of aliphatic hydroxyl groups is 1. The van der Waals surface area contributed by atoms with Crippen LogP contribution in [0.5, 0.6) is 0 Å². The van der Waals surface area contributed by atoms with Gasteiger partial charge in [0.2, 0.25) is 0 Å². The molecule has 3 rings (SSSR count). The normalized spacial score (nSPS) is 45.5. The van der Waals surface area contributed by atoms with Crippen molar-refractivity contribution in [1.29, 1.82) is 0 Å². The molecule has 0 spiro atoms. The highest BCUT2D eigenvalue weighted by molar-refractivity contribution is 5.87. The lowest BCUT2D eigenvalue weighted by molar-refractivity contribution is -0.242. The molecular formula is C25H40O3. The number of esters is 1. The van der Waals surface area contributed by atoms with E-state index in [-0.39, 0.29) is 34.2 Å². The first kappa shape index (κ1) is 21.6. The van der Waals surface area contributed by atoms with Crippen LogP contribution in [0, 0.1) is 28.1 Å². The van der Waals surface area contributed by atoms with E-state index in [0.29, 0.717) is 17.9 Å². The molecule has 0 saturated heterocycles. The highest BCUT2D eigenvalue weighted by atomic mass is 16.5. The van der Waals surface area contributed by atoms with E-state index in [9.17, 15) is 9.90 Å². The predicted octanol–water partition coefficient (Wildman–Crippen LogP) is 5.82. The van der Waals surface area contributed by atoms with Gasteiger partial charge in [-0.25, -0.2) is 4.79 Å². The lowest BCUT2D eigenvalue weighted by Gasteiger charge is -2.66. The fraction of sp³-hybridized carbons (Fsp3) is 0.800. The summed E-state index contributed by atoms with van der Waals surface area (Å²) < 4.78 is 6.14. The Morgan fingerprint density at radius 2 is 1.86 bits per heavy atom. The molecule has 28 heavy (non-hydrogen) atoms. The molecule has 3 fully saturated rings. The standard InChI is InChI=1S/C25H40O3/c1-8-17(3)21(26)28-18-15-23(6,9-2)16-25(27)14-11-19-22(4,5)12-10-13-24(19,7)20(18)25/h8-9,18-20,27H,2,10-16H2,1,3-7H3/b17-8+/t18-,19+,20-,23+,24+,25-/m1/s1. The minimum absolute atomic E-state index is 0.00791. The topological polar surface area (TPSA) is 46.5 Å². The zero-order valence-corrected chi connectivity index (χ0v) is 18.8. The molecule has 0 aromatic rings. The van der Waals surface area contributed by atoms with E-state index in [0.717, 1.165) is 25.7 Å². The Morgan fingerprint density at radius 1 is 1.18 bits per heavy atom. The molecule has 0 aromatic carbocycles.